The number of halogens is 1. The summed E-state index contributed by atoms with van der Waals surface area (Å²) in [7, 11) is 0. The maximum atomic E-state index is 15.1. The second-order valence-electron chi connectivity index (χ2n) is 31.9. The Bertz CT molecular complexity index is 5120. The van der Waals surface area contributed by atoms with E-state index < -0.39 is 17.4 Å². The van der Waals surface area contributed by atoms with E-state index in [4.69, 9.17) is 0 Å². The van der Waals surface area contributed by atoms with Gasteiger partial charge in [0.05, 0.1) is 25.2 Å². The Balaban J connectivity index is 0.000000103. The number of alkyl halides is 1. The minimum absolute atomic E-state index is 0.306. The van der Waals surface area contributed by atoms with Crippen molar-refractivity contribution in [1.29, 1.82) is 0 Å². The van der Waals surface area contributed by atoms with Crippen molar-refractivity contribution in [1.82, 2.24) is 62.8 Å². The highest BCUT2D eigenvalue weighted by Gasteiger charge is 2.41. The molecule has 7 unspecified atom stereocenters. The number of aliphatic hydroxyl groups is 2. The highest BCUT2D eigenvalue weighted by molar-refractivity contribution is 5.91. The maximum Gasteiger partial charge on any atom is 0.144 e. The van der Waals surface area contributed by atoms with Gasteiger partial charge in [0, 0.05) is 199 Å². The minimum atomic E-state index is -1.08. The van der Waals surface area contributed by atoms with Crippen molar-refractivity contribution >= 4 is 43.7 Å². The summed E-state index contributed by atoms with van der Waals surface area (Å²) in [4.78, 5) is 31.9. The largest absolute Gasteiger partial charge is 0.384 e. The van der Waals surface area contributed by atoms with Gasteiger partial charge in [0.25, 0.3) is 0 Å². The lowest BCUT2D eigenvalue weighted by Gasteiger charge is -2.32. The van der Waals surface area contributed by atoms with Gasteiger partial charge >= 0.3 is 0 Å². The van der Waals surface area contributed by atoms with Crippen molar-refractivity contribution < 1.29 is 14.6 Å². The summed E-state index contributed by atoms with van der Waals surface area (Å²) in [5, 5.41) is 28.2. The Labute approximate surface area is 617 Å². The van der Waals surface area contributed by atoms with Gasteiger partial charge in [-0.3, -0.25) is 39.5 Å². The fourth-order valence-corrected chi connectivity index (χ4v) is 20.1. The lowest BCUT2D eigenvalue weighted by molar-refractivity contribution is 0.0378. The summed E-state index contributed by atoms with van der Waals surface area (Å²) in [6, 6.07) is 42.4. The van der Waals surface area contributed by atoms with Crippen molar-refractivity contribution in [2.24, 2.45) is 0 Å². The molecular weight excluding hydrogens is 1300 g/mol. The van der Waals surface area contributed by atoms with Crippen molar-refractivity contribution in [3.05, 3.63) is 255 Å². The molecule has 16 heteroatoms. The summed E-state index contributed by atoms with van der Waals surface area (Å²) in [6.07, 6.45) is 28.8. The standard InChI is InChI=1S/C24H29N3O.C23H27N3O.C21H23FN4.C21H23N3/c1-16-13-17(2)23-19(14-16)22-20-5-4-11-26(20)12-8-21(22)27(23)15-24(3,28)18-6-9-25-10-7-18;1-16-5-6-19-18(14-16)22-20-4-3-12-25(20)13-9-21(22)26(19)15-23(2,27)17-7-10-24-11-8-17;1-14-6-7-15(12-24-14)17(22)13-26-19-8-11-25-10-3-5-18(25)20(19)16-4-2-9-23-21(16)26;1-2-7-18-17(6-1)21-19-8-4-12-23(19)13-10-20(21)24(18)14-9-16-5-3-11-22-15-16/h6-7,9-10,13-14,20,28H,4-5,8,11-12,15H2,1-3H3;5-8,10-11,14,20,27H,3-4,9,12-13,15H2,1-2H3;2,4,6-7,9,12,17-18H,3,5,8,10-11,13H2,1H3;1-3,5-7,11,15,19H,4,8-10,12-14H2. The van der Waals surface area contributed by atoms with E-state index in [0.717, 1.165) is 74.3 Å². The first kappa shape index (κ1) is 69.3. The van der Waals surface area contributed by atoms with E-state index >= 15 is 4.39 Å². The van der Waals surface area contributed by atoms with Crippen molar-refractivity contribution in [2.45, 2.75) is 193 Å². The van der Waals surface area contributed by atoms with E-state index in [9.17, 15) is 10.2 Å². The van der Waals surface area contributed by atoms with Gasteiger partial charge in [0.1, 0.15) is 23.0 Å². The van der Waals surface area contributed by atoms with Gasteiger partial charge in [-0.05, 0) is 243 Å². The molecule has 0 bridgehead atoms. The number of para-hydroxylation sites is 1. The Morgan fingerprint density at radius 2 is 0.971 bits per heavy atom. The Hall–Kier alpha value is -8.74. The molecule has 3 aromatic carbocycles. The van der Waals surface area contributed by atoms with Gasteiger partial charge in [0.2, 0.25) is 0 Å². The lowest BCUT2D eigenvalue weighted by Crippen LogP contribution is -2.33. The number of aromatic nitrogens is 9. The quantitative estimate of drug-likeness (QED) is 0.121. The fourth-order valence-electron chi connectivity index (χ4n) is 20.1. The molecule has 2 N–H and O–H groups in total. The zero-order chi connectivity index (χ0) is 71.7. The smallest absolute Gasteiger partial charge is 0.144 e. The second kappa shape index (κ2) is 28.9. The van der Waals surface area contributed by atoms with E-state index in [1.54, 1.807) is 42.2 Å². The van der Waals surface area contributed by atoms with E-state index in [-0.39, 0.29) is 0 Å². The number of nitrogens with zero attached hydrogens (tertiary/aromatic N) is 13. The predicted molar refractivity (Wildman–Crippen MR) is 417 cm³/mol. The highest BCUT2D eigenvalue weighted by Crippen LogP contribution is 2.49. The van der Waals surface area contributed by atoms with Crippen LogP contribution in [0.25, 0.3) is 43.7 Å². The number of benzene rings is 3. The number of pyridine rings is 5. The molecule has 105 heavy (non-hydrogen) atoms. The SMILES string of the molecule is Cc1cc(C)c2c(c1)c1c(n2CC(C)(O)c2ccncc2)CCN2CCCC12.Cc1ccc(C(F)Cn2c3c(c4cccnc42)C2CCCN2CC3)cn1.Cc1ccc2c(c1)c1c(n2CC(C)(O)c2ccncc2)CCN2CCCC12.c1cncc(CCn2c3c(c4ccccc42)C2CCCN2CC3)c1. The predicted octanol–water partition coefficient (Wildman–Crippen LogP) is 16.3. The molecule has 7 atom stereocenters. The zero-order valence-electron chi connectivity index (χ0n) is 62.2. The monoisotopic (exact) mass is 1400 g/mol. The third kappa shape index (κ3) is 13.1. The number of aryl methyl sites for hydroxylation is 6. The van der Waals surface area contributed by atoms with Gasteiger partial charge in [-0.1, -0.05) is 53.6 Å². The molecule has 0 saturated carbocycles. The number of hydrogen-bond donors (Lipinski definition) is 2. The Kier molecular flexibility index (Phi) is 19.0. The lowest BCUT2D eigenvalue weighted by atomic mass is 9.94. The van der Waals surface area contributed by atoms with Crippen LogP contribution in [0.2, 0.25) is 0 Å². The molecule has 4 saturated heterocycles. The number of hydrogen-bond acceptors (Lipinski definition) is 11. The number of fused-ring (bicyclic) bond motifs is 20. The van der Waals surface area contributed by atoms with Crippen LogP contribution in [0.1, 0.15) is 185 Å². The summed E-state index contributed by atoms with van der Waals surface area (Å²) < 4.78 is 24.6. The summed E-state index contributed by atoms with van der Waals surface area (Å²) in [5.41, 5.74) is 23.5. The minimum Gasteiger partial charge on any atom is -0.384 e. The van der Waals surface area contributed by atoms with Gasteiger partial charge in [-0.15, -0.1) is 0 Å². The molecule has 8 aliphatic rings. The van der Waals surface area contributed by atoms with E-state index in [0.29, 0.717) is 49.4 Å². The molecule has 4 fully saturated rings. The van der Waals surface area contributed by atoms with Crippen LogP contribution in [-0.2, 0) is 69.5 Å². The first-order chi connectivity index (χ1) is 51.1. The molecule has 17 heterocycles. The Morgan fingerprint density at radius 3 is 1.56 bits per heavy atom. The van der Waals surface area contributed by atoms with Gasteiger partial charge in [0.15, 0.2) is 0 Å². The van der Waals surface area contributed by atoms with Crippen LogP contribution < -0.4 is 0 Å². The Morgan fingerprint density at radius 1 is 0.457 bits per heavy atom. The van der Waals surface area contributed by atoms with Crippen LogP contribution in [0.3, 0.4) is 0 Å². The molecule has 0 radical (unpaired) electrons. The topological polar surface area (TPSA) is 138 Å². The molecule has 542 valence electrons. The van der Waals surface area contributed by atoms with Crippen molar-refractivity contribution in [3.63, 3.8) is 0 Å². The maximum absolute atomic E-state index is 15.1. The number of rotatable bonds is 12. The first-order valence-electron chi connectivity index (χ1n) is 39.1. The van der Waals surface area contributed by atoms with Crippen molar-refractivity contribution in [2.75, 3.05) is 52.4 Å². The van der Waals surface area contributed by atoms with Crippen LogP contribution in [0, 0.1) is 27.7 Å². The van der Waals surface area contributed by atoms with Gasteiger partial charge in [-0.2, -0.15) is 0 Å². The average molecular weight is 1400 g/mol. The third-order valence-corrected chi connectivity index (χ3v) is 25.0. The molecule has 0 aliphatic carbocycles. The third-order valence-electron chi connectivity index (χ3n) is 25.0. The van der Waals surface area contributed by atoms with E-state index in [2.05, 4.69) is 150 Å². The fraction of sp³-hybridized carbons (Fsp3) is 0.427. The molecule has 12 aromatic rings. The molecule has 9 aromatic heterocycles. The summed E-state index contributed by atoms with van der Waals surface area (Å²) in [5.74, 6) is 0. The summed E-state index contributed by atoms with van der Waals surface area (Å²) in [6.45, 7) is 24.3. The average Bonchev–Trinajstić information content (AvgIpc) is 1.47. The van der Waals surface area contributed by atoms with Crippen LogP contribution in [0.15, 0.2) is 165 Å². The molecule has 0 spiro atoms. The molecular formula is C89H102FN13O2. The van der Waals surface area contributed by atoms with Gasteiger partial charge < -0.3 is 28.5 Å². The van der Waals surface area contributed by atoms with Crippen LogP contribution >= 0.6 is 0 Å². The first-order valence-corrected chi connectivity index (χ1v) is 39.1. The molecule has 0 amide bonds. The second-order valence-corrected chi connectivity index (χ2v) is 31.9. The van der Waals surface area contributed by atoms with Crippen LogP contribution in [-0.4, -0.2) is 125 Å². The summed E-state index contributed by atoms with van der Waals surface area (Å²) >= 11 is 0. The van der Waals surface area contributed by atoms with Crippen molar-refractivity contribution in [3.8, 4) is 0 Å². The zero-order valence-corrected chi connectivity index (χ0v) is 62.2. The van der Waals surface area contributed by atoms with Gasteiger partial charge in [-0.25, -0.2) is 9.37 Å². The van der Waals surface area contributed by atoms with Crippen LogP contribution in [0.4, 0.5) is 4.39 Å². The molecule has 15 nitrogen and oxygen atoms in total. The van der Waals surface area contributed by atoms with E-state index in [1.807, 2.05) is 87.9 Å². The molecule has 20 rings (SSSR count). The highest BCUT2D eigenvalue weighted by atomic mass is 19.1. The normalized spacial score (nSPS) is 21.2. The van der Waals surface area contributed by atoms with Crippen LogP contribution in [0.5, 0.6) is 0 Å². The van der Waals surface area contributed by atoms with E-state index in [1.165, 1.54) is 185 Å². The molecule has 8 aliphatic heterocycles.